The Kier molecular flexibility index (Phi) is 4.17. The van der Waals surface area contributed by atoms with Gasteiger partial charge in [-0.25, -0.2) is 0 Å². The molecular weight excluding hydrogens is 302 g/mol. The van der Waals surface area contributed by atoms with Gasteiger partial charge in [-0.15, -0.1) is 0 Å². The average molecular weight is 325 g/mol. The molecule has 0 radical (unpaired) electrons. The van der Waals surface area contributed by atoms with E-state index in [0.717, 1.165) is 24.5 Å². The Morgan fingerprint density at radius 3 is 2.04 bits per heavy atom. The number of benzene rings is 2. The number of fused-ring (bicyclic) bond motifs is 1. The minimum absolute atomic E-state index is 0.0506. The van der Waals surface area contributed by atoms with Crippen LogP contribution in [-0.2, 0) is 4.74 Å². The lowest BCUT2D eigenvalue weighted by Crippen LogP contribution is -2.26. The van der Waals surface area contributed by atoms with E-state index in [4.69, 9.17) is 14.2 Å². The van der Waals surface area contributed by atoms with Gasteiger partial charge in [0.2, 0.25) is 0 Å². The first-order chi connectivity index (χ1) is 11.8. The third-order valence-corrected chi connectivity index (χ3v) is 5.09. The molecule has 0 aliphatic carbocycles. The van der Waals surface area contributed by atoms with Gasteiger partial charge >= 0.3 is 0 Å². The number of nitrogens with zero attached hydrogens (tertiary/aromatic N) is 1. The minimum Gasteiger partial charge on any atom is -0.497 e. The first-order valence-corrected chi connectivity index (χ1v) is 8.49. The Hall–Kier alpha value is -2.04. The van der Waals surface area contributed by atoms with Gasteiger partial charge in [-0.1, -0.05) is 24.3 Å². The van der Waals surface area contributed by atoms with Crippen LogP contribution < -0.4 is 9.47 Å². The SMILES string of the molecule is COc1ccc([C@H]2OC3CCCN3[C@@H]2c2ccc(OC)cc2)cc1. The quantitative estimate of drug-likeness (QED) is 0.852. The molecule has 0 spiro atoms. The third kappa shape index (κ3) is 2.66. The van der Waals surface area contributed by atoms with Gasteiger partial charge in [-0.3, -0.25) is 4.90 Å². The normalized spacial score (nSPS) is 26.3. The van der Waals surface area contributed by atoms with Gasteiger partial charge in [0.15, 0.2) is 0 Å². The van der Waals surface area contributed by atoms with Crippen LogP contribution in [0.1, 0.15) is 36.1 Å². The second-order valence-electron chi connectivity index (χ2n) is 6.38. The lowest BCUT2D eigenvalue weighted by molar-refractivity contribution is 0.0173. The van der Waals surface area contributed by atoms with E-state index >= 15 is 0 Å². The zero-order valence-electron chi connectivity index (χ0n) is 14.1. The second kappa shape index (κ2) is 6.46. The highest BCUT2D eigenvalue weighted by Gasteiger charge is 2.45. The zero-order chi connectivity index (χ0) is 16.5. The van der Waals surface area contributed by atoms with E-state index in [0.29, 0.717) is 0 Å². The maximum Gasteiger partial charge on any atom is 0.118 e. The Balaban J connectivity index is 1.68. The fraction of sp³-hybridized carbons (Fsp3) is 0.400. The molecule has 2 aromatic rings. The molecule has 2 heterocycles. The van der Waals surface area contributed by atoms with Crippen LogP contribution in [0.2, 0.25) is 0 Å². The molecule has 4 heteroatoms. The smallest absolute Gasteiger partial charge is 0.118 e. The van der Waals surface area contributed by atoms with E-state index < -0.39 is 0 Å². The van der Waals surface area contributed by atoms with E-state index in [-0.39, 0.29) is 18.4 Å². The summed E-state index contributed by atoms with van der Waals surface area (Å²) in [5, 5.41) is 0. The van der Waals surface area contributed by atoms with Crippen LogP contribution in [0.3, 0.4) is 0 Å². The Morgan fingerprint density at radius 1 is 0.875 bits per heavy atom. The molecule has 2 saturated heterocycles. The van der Waals surface area contributed by atoms with Gasteiger partial charge in [0, 0.05) is 6.54 Å². The molecule has 2 fully saturated rings. The van der Waals surface area contributed by atoms with Crippen molar-refractivity contribution < 1.29 is 14.2 Å². The second-order valence-corrected chi connectivity index (χ2v) is 6.38. The maximum atomic E-state index is 6.42. The monoisotopic (exact) mass is 325 g/mol. The van der Waals surface area contributed by atoms with Gasteiger partial charge in [-0.05, 0) is 48.2 Å². The van der Waals surface area contributed by atoms with Crippen molar-refractivity contribution in [3.05, 3.63) is 59.7 Å². The number of ether oxygens (including phenoxy) is 3. The van der Waals surface area contributed by atoms with Crippen LogP contribution in [-0.4, -0.2) is 31.9 Å². The summed E-state index contributed by atoms with van der Waals surface area (Å²) in [7, 11) is 3.39. The third-order valence-electron chi connectivity index (χ3n) is 5.09. The first kappa shape index (κ1) is 15.5. The Bertz CT molecular complexity index is 683. The predicted molar refractivity (Wildman–Crippen MR) is 92.3 cm³/mol. The van der Waals surface area contributed by atoms with Crippen molar-refractivity contribution >= 4 is 0 Å². The molecule has 2 aliphatic heterocycles. The van der Waals surface area contributed by atoms with Crippen LogP contribution >= 0.6 is 0 Å². The van der Waals surface area contributed by atoms with Crippen LogP contribution in [0.15, 0.2) is 48.5 Å². The highest BCUT2D eigenvalue weighted by molar-refractivity contribution is 5.35. The van der Waals surface area contributed by atoms with Crippen molar-refractivity contribution in [2.45, 2.75) is 31.2 Å². The molecule has 126 valence electrons. The van der Waals surface area contributed by atoms with Gasteiger partial charge in [0.05, 0.1) is 20.3 Å². The Labute approximate surface area is 142 Å². The van der Waals surface area contributed by atoms with Gasteiger partial charge in [0.25, 0.3) is 0 Å². The fourth-order valence-electron chi connectivity index (χ4n) is 3.86. The molecule has 0 amide bonds. The maximum absolute atomic E-state index is 6.42. The van der Waals surface area contributed by atoms with Crippen molar-refractivity contribution in [3.8, 4) is 11.5 Å². The van der Waals surface area contributed by atoms with Gasteiger partial charge in [0.1, 0.15) is 23.8 Å². The number of methoxy groups -OCH3 is 2. The summed E-state index contributed by atoms with van der Waals surface area (Å²) >= 11 is 0. The van der Waals surface area contributed by atoms with Gasteiger partial charge < -0.3 is 14.2 Å². The van der Waals surface area contributed by atoms with Crippen LogP contribution in [0.4, 0.5) is 0 Å². The topological polar surface area (TPSA) is 30.9 Å². The molecule has 3 atom stereocenters. The molecule has 4 rings (SSSR count). The molecule has 2 aliphatic rings. The lowest BCUT2D eigenvalue weighted by Gasteiger charge is -2.25. The summed E-state index contributed by atoms with van der Waals surface area (Å²) in [4.78, 5) is 2.50. The summed E-state index contributed by atoms with van der Waals surface area (Å²) in [6.07, 6.45) is 2.59. The van der Waals surface area contributed by atoms with Crippen molar-refractivity contribution in [3.63, 3.8) is 0 Å². The lowest BCUT2D eigenvalue weighted by atomic mass is 9.95. The number of rotatable bonds is 4. The molecule has 2 aromatic carbocycles. The summed E-state index contributed by atoms with van der Waals surface area (Å²) in [6.45, 7) is 1.09. The predicted octanol–water partition coefficient (Wildman–Crippen LogP) is 3.94. The standard InChI is InChI=1S/C20H23NO3/c1-22-16-9-5-14(6-10-16)19-20(24-18-4-3-13-21(18)19)15-7-11-17(23-2)12-8-15/h5-12,18-20H,3-4,13H2,1-2H3/t18?,19-,20-/m1/s1. The average Bonchev–Trinajstić information content (AvgIpc) is 3.23. The molecule has 0 aromatic heterocycles. The zero-order valence-corrected chi connectivity index (χ0v) is 14.1. The van der Waals surface area contributed by atoms with Crippen LogP contribution in [0.25, 0.3) is 0 Å². The van der Waals surface area contributed by atoms with Crippen molar-refractivity contribution in [1.29, 1.82) is 0 Å². The highest BCUT2D eigenvalue weighted by Crippen LogP contribution is 2.48. The summed E-state index contributed by atoms with van der Waals surface area (Å²) in [5.74, 6) is 1.76. The van der Waals surface area contributed by atoms with Crippen molar-refractivity contribution in [1.82, 2.24) is 4.90 Å². The first-order valence-electron chi connectivity index (χ1n) is 8.49. The van der Waals surface area contributed by atoms with E-state index in [1.165, 1.54) is 17.5 Å². The number of hydrogen-bond donors (Lipinski definition) is 0. The van der Waals surface area contributed by atoms with Crippen LogP contribution in [0, 0.1) is 0 Å². The number of hydrogen-bond acceptors (Lipinski definition) is 4. The summed E-state index contributed by atoms with van der Waals surface area (Å²) in [6, 6.07) is 16.9. The van der Waals surface area contributed by atoms with E-state index in [9.17, 15) is 0 Å². The van der Waals surface area contributed by atoms with Crippen molar-refractivity contribution in [2.75, 3.05) is 20.8 Å². The minimum atomic E-state index is 0.0506. The van der Waals surface area contributed by atoms with E-state index in [1.807, 2.05) is 24.3 Å². The molecule has 0 saturated carbocycles. The highest BCUT2D eigenvalue weighted by atomic mass is 16.5. The summed E-state index contributed by atoms with van der Waals surface area (Å²) in [5.41, 5.74) is 2.48. The van der Waals surface area contributed by atoms with Gasteiger partial charge in [-0.2, -0.15) is 0 Å². The molecule has 0 N–H and O–H groups in total. The Morgan fingerprint density at radius 2 is 1.46 bits per heavy atom. The summed E-state index contributed by atoms with van der Waals surface area (Å²) < 4.78 is 17.0. The fourth-order valence-corrected chi connectivity index (χ4v) is 3.86. The molecule has 1 unspecified atom stereocenters. The molecule has 0 bridgehead atoms. The largest absolute Gasteiger partial charge is 0.497 e. The van der Waals surface area contributed by atoms with E-state index in [1.54, 1.807) is 14.2 Å². The van der Waals surface area contributed by atoms with Crippen molar-refractivity contribution in [2.24, 2.45) is 0 Å². The van der Waals surface area contributed by atoms with Crippen LogP contribution in [0.5, 0.6) is 11.5 Å². The molecule has 4 nitrogen and oxygen atoms in total. The molecular formula is C20H23NO3. The van der Waals surface area contributed by atoms with E-state index in [2.05, 4.69) is 29.2 Å². The molecule has 24 heavy (non-hydrogen) atoms.